The van der Waals surface area contributed by atoms with Gasteiger partial charge in [-0.2, -0.15) is 0 Å². The number of aliphatic hydroxyl groups excluding tert-OH is 1. The van der Waals surface area contributed by atoms with Crippen molar-refractivity contribution in [2.75, 3.05) is 24.6 Å². The Morgan fingerprint density at radius 1 is 1.32 bits per heavy atom. The van der Waals surface area contributed by atoms with Crippen LogP contribution in [0.4, 0.5) is 5.69 Å². The smallest absolute Gasteiger partial charge is 0.310 e. The summed E-state index contributed by atoms with van der Waals surface area (Å²) in [6, 6.07) is 4.80. The number of aliphatic hydroxyl groups is 1. The highest BCUT2D eigenvalue weighted by Crippen LogP contribution is 2.65. The quantitative estimate of drug-likeness (QED) is 0.565. The topological polar surface area (TPSA) is 107 Å². The van der Waals surface area contributed by atoms with Gasteiger partial charge in [-0.15, -0.1) is 6.58 Å². The van der Waals surface area contributed by atoms with Crippen LogP contribution in [0.25, 0.3) is 0 Å². The van der Waals surface area contributed by atoms with E-state index < -0.39 is 35.0 Å². The summed E-state index contributed by atoms with van der Waals surface area (Å²) in [7, 11) is 0. The number of rotatable bonds is 8. The number of carbonyl (C=O) groups excluding carboxylic acids is 2. The van der Waals surface area contributed by atoms with Crippen molar-refractivity contribution < 1.29 is 29.3 Å². The van der Waals surface area contributed by atoms with Crippen molar-refractivity contribution in [2.45, 2.75) is 57.8 Å². The Bertz CT molecular complexity index is 1020. The maximum Gasteiger partial charge on any atom is 0.310 e. The van der Waals surface area contributed by atoms with Crippen molar-refractivity contribution >= 4 is 23.5 Å². The van der Waals surface area contributed by atoms with Gasteiger partial charge < -0.3 is 24.7 Å². The van der Waals surface area contributed by atoms with Crippen LogP contribution in [0, 0.1) is 31.6 Å². The first-order chi connectivity index (χ1) is 16.0. The molecular formula is C26H34N2O6. The van der Waals surface area contributed by atoms with Crippen molar-refractivity contribution in [1.29, 1.82) is 0 Å². The van der Waals surface area contributed by atoms with Gasteiger partial charge in [0.1, 0.15) is 17.6 Å². The summed E-state index contributed by atoms with van der Waals surface area (Å²) in [6.07, 6.45) is 2.35. The van der Waals surface area contributed by atoms with Crippen molar-refractivity contribution in [3.63, 3.8) is 0 Å². The predicted molar refractivity (Wildman–Crippen MR) is 126 cm³/mol. The highest BCUT2D eigenvalue weighted by molar-refractivity contribution is 6.05. The summed E-state index contributed by atoms with van der Waals surface area (Å²) in [5.74, 6) is -3.89. The maximum atomic E-state index is 14.4. The largest absolute Gasteiger partial charge is 0.481 e. The number of aliphatic carboxylic acids is 1. The monoisotopic (exact) mass is 470 g/mol. The normalized spacial score (nSPS) is 33.8. The fourth-order valence-corrected chi connectivity index (χ4v) is 6.68. The lowest BCUT2D eigenvalue weighted by molar-refractivity contribution is -0.156. The Labute approximate surface area is 200 Å². The summed E-state index contributed by atoms with van der Waals surface area (Å²) in [5.41, 5.74) is 0.321. The SMILES string of the molecule is C=CCN(C(=O)C1N(CCCO)C(=O)[C@@H]2[C@H](C(=O)O)[C@@]3(C)OC12CC3C)c1c(C)cccc1C. The lowest BCUT2D eigenvalue weighted by atomic mass is 9.62. The molecule has 184 valence electrons. The molecule has 3 heterocycles. The number of nitrogens with zero attached hydrogens (tertiary/aromatic N) is 2. The fourth-order valence-electron chi connectivity index (χ4n) is 6.68. The number of carboxylic acid groups (broad SMARTS) is 1. The van der Waals surface area contributed by atoms with Crippen LogP contribution in [0.1, 0.15) is 37.8 Å². The zero-order valence-corrected chi connectivity index (χ0v) is 20.3. The van der Waals surface area contributed by atoms with E-state index in [1.54, 1.807) is 17.9 Å². The Balaban J connectivity index is 1.86. The first-order valence-electron chi connectivity index (χ1n) is 11.9. The third-order valence-corrected chi connectivity index (χ3v) is 8.16. The Kier molecular flexibility index (Phi) is 6.10. The van der Waals surface area contributed by atoms with Crippen LogP contribution in [0.15, 0.2) is 30.9 Å². The van der Waals surface area contributed by atoms with E-state index in [1.807, 2.05) is 39.0 Å². The predicted octanol–water partition coefficient (Wildman–Crippen LogP) is 2.30. The number of fused-ring (bicyclic) bond motifs is 1. The number of para-hydroxylation sites is 1. The van der Waals surface area contributed by atoms with Crippen LogP contribution in [0.3, 0.4) is 0 Å². The number of ether oxygens (including phenoxy) is 1. The molecule has 4 rings (SSSR count). The van der Waals surface area contributed by atoms with E-state index in [9.17, 15) is 24.6 Å². The van der Waals surface area contributed by atoms with Gasteiger partial charge in [0, 0.05) is 25.4 Å². The molecule has 2 bridgehead atoms. The van der Waals surface area contributed by atoms with Crippen LogP contribution in [-0.4, -0.2) is 69.8 Å². The number of likely N-dealkylation sites (tertiary alicyclic amines) is 1. The Morgan fingerprint density at radius 3 is 2.53 bits per heavy atom. The summed E-state index contributed by atoms with van der Waals surface area (Å²) < 4.78 is 6.52. The van der Waals surface area contributed by atoms with Gasteiger partial charge in [-0.1, -0.05) is 31.2 Å². The Hall–Kier alpha value is -2.71. The lowest BCUT2D eigenvalue weighted by Crippen LogP contribution is -2.57. The molecule has 1 aromatic rings. The molecule has 34 heavy (non-hydrogen) atoms. The fraction of sp³-hybridized carbons (Fsp3) is 0.577. The van der Waals surface area contributed by atoms with E-state index in [-0.39, 0.29) is 43.8 Å². The molecule has 3 saturated heterocycles. The van der Waals surface area contributed by atoms with Gasteiger partial charge in [-0.25, -0.2) is 0 Å². The van der Waals surface area contributed by atoms with Crippen LogP contribution in [-0.2, 0) is 19.1 Å². The number of amides is 2. The standard InChI is InChI=1S/C26H34N2O6/c1-6-11-27(20-15(2)9-7-10-16(20)3)23(31)21-26-14-17(4)25(5,34-26)19(24(32)33)18(26)22(30)28(21)12-8-13-29/h6-7,9-10,17-19,21,29H,1,8,11-14H2,2-5H3,(H,32,33)/t17?,18-,19+,21?,25-,26?/m0/s1. The van der Waals surface area contributed by atoms with Gasteiger partial charge in [0.25, 0.3) is 5.91 Å². The number of carboxylic acids is 1. The molecule has 8 heteroatoms. The zero-order valence-electron chi connectivity index (χ0n) is 20.3. The molecule has 0 aliphatic carbocycles. The van der Waals surface area contributed by atoms with Crippen molar-refractivity contribution in [2.24, 2.45) is 17.8 Å². The zero-order chi connectivity index (χ0) is 25.0. The number of benzene rings is 1. The van der Waals surface area contributed by atoms with E-state index in [4.69, 9.17) is 4.74 Å². The molecule has 3 fully saturated rings. The second-order valence-corrected chi connectivity index (χ2v) is 10.1. The molecule has 0 aromatic heterocycles. The van der Waals surface area contributed by atoms with E-state index in [0.29, 0.717) is 6.42 Å². The van der Waals surface area contributed by atoms with Gasteiger partial charge in [-0.3, -0.25) is 14.4 Å². The Morgan fingerprint density at radius 2 is 1.97 bits per heavy atom. The minimum Gasteiger partial charge on any atom is -0.481 e. The minimum absolute atomic E-state index is 0.140. The molecule has 3 aliphatic rings. The van der Waals surface area contributed by atoms with Gasteiger partial charge in [0.05, 0.1) is 11.5 Å². The van der Waals surface area contributed by atoms with E-state index >= 15 is 0 Å². The maximum absolute atomic E-state index is 14.4. The van der Waals surface area contributed by atoms with Crippen LogP contribution in [0.5, 0.6) is 0 Å². The van der Waals surface area contributed by atoms with Crippen LogP contribution >= 0.6 is 0 Å². The summed E-state index contributed by atoms with van der Waals surface area (Å²) in [6.45, 7) is 11.6. The second-order valence-electron chi connectivity index (χ2n) is 10.1. The number of aryl methyl sites for hydroxylation is 2. The highest BCUT2D eigenvalue weighted by atomic mass is 16.5. The van der Waals surface area contributed by atoms with E-state index in [2.05, 4.69) is 6.58 Å². The van der Waals surface area contributed by atoms with E-state index in [0.717, 1.165) is 16.8 Å². The van der Waals surface area contributed by atoms with Gasteiger partial charge in [0.15, 0.2) is 0 Å². The van der Waals surface area contributed by atoms with Crippen molar-refractivity contribution in [1.82, 2.24) is 4.90 Å². The molecule has 1 spiro atoms. The average Bonchev–Trinajstić information content (AvgIpc) is 3.28. The molecule has 3 aliphatic heterocycles. The third-order valence-electron chi connectivity index (χ3n) is 8.16. The molecule has 8 nitrogen and oxygen atoms in total. The average molecular weight is 471 g/mol. The van der Waals surface area contributed by atoms with Gasteiger partial charge in [-0.05, 0) is 50.7 Å². The third kappa shape index (κ3) is 3.22. The van der Waals surface area contributed by atoms with Crippen molar-refractivity contribution in [3.8, 4) is 0 Å². The molecule has 6 atom stereocenters. The van der Waals surface area contributed by atoms with Crippen molar-refractivity contribution in [3.05, 3.63) is 42.0 Å². The minimum atomic E-state index is -1.23. The molecular weight excluding hydrogens is 436 g/mol. The molecule has 2 N–H and O–H groups in total. The summed E-state index contributed by atoms with van der Waals surface area (Å²) >= 11 is 0. The number of anilines is 1. The van der Waals surface area contributed by atoms with Crippen LogP contribution in [0.2, 0.25) is 0 Å². The van der Waals surface area contributed by atoms with E-state index in [1.165, 1.54) is 4.90 Å². The lowest BCUT2D eigenvalue weighted by Gasteiger charge is -2.37. The number of hydrogen-bond acceptors (Lipinski definition) is 5. The first kappa shape index (κ1) is 24.4. The highest BCUT2D eigenvalue weighted by Gasteiger charge is 2.80. The summed E-state index contributed by atoms with van der Waals surface area (Å²) in [4.78, 5) is 43.5. The first-order valence-corrected chi connectivity index (χ1v) is 11.9. The second kappa shape index (κ2) is 8.50. The molecule has 0 saturated carbocycles. The van der Waals surface area contributed by atoms with Gasteiger partial charge >= 0.3 is 5.97 Å². The molecule has 2 amide bonds. The van der Waals surface area contributed by atoms with Crippen LogP contribution < -0.4 is 4.90 Å². The summed E-state index contributed by atoms with van der Waals surface area (Å²) in [5, 5.41) is 19.6. The number of hydrogen-bond donors (Lipinski definition) is 2. The molecule has 3 unspecified atom stereocenters. The molecule has 1 aromatic carbocycles. The molecule has 0 radical (unpaired) electrons. The van der Waals surface area contributed by atoms with Gasteiger partial charge in [0.2, 0.25) is 5.91 Å². The number of carbonyl (C=O) groups is 3.